The standard InChI is InChI=1S/C14H20FN3O/c1-18-9-8-16-13(10-18)14(19)17-7-6-11-4-2-3-5-12(11)15/h2-5,13,16H,6-10H2,1H3,(H,17,19). The number of piperazine rings is 1. The first-order valence-corrected chi connectivity index (χ1v) is 6.60. The molecule has 5 heteroatoms. The summed E-state index contributed by atoms with van der Waals surface area (Å²) in [6.45, 7) is 2.95. The SMILES string of the molecule is CN1CCNC(C(=O)NCCc2ccccc2F)C1. The van der Waals surface area contributed by atoms with Crippen molar-refractivity contribution < 1.29 is 9.18 Å². The third-order valence-corrected chi connectivity index (χ3v) is 3.35. The molecule has 4 nitrogen and oxygen atoms in total. The van der Waals surface area contributed by atoms with Gasteiger partial charge in [-0.15, -0.1) is 0 Å². The molecule has 2 N–H and O–H groups in total. The molecule has 1 fully saturated rings. The lowest BCUT2D eigenvalue weighted by Gasteiger charge is -2.29. The van der Waals surface area contributed by atoms with E-state index in [1.165, 1.54) is 6.07 Å². The molecular weight excluding hydrogens is 245 g/mol. The number of hydrogen-bond donors (Lipinski definition) is 2. The number of halogens is 1. The summed E-state index contributed by atoms with van der Waals surface area (Å²) < 4.78 is 13.4. The molecule has 0 spiro atoms. The van der Waals surface area contributed by atoms with Gasteiger partial charge in [-0.1, -0.05) is 18.2 Å². The summed E-state index contributed by atoms with van der Waals surface area (Å²) in [4.78, 5) is 14.0. The second-order valence-corrected chi connectivity index (χ2v) is 4.90. The van der Waals surface area contributed by atoms with Crippen LogP contribution in [-0.4, -0.2) is 50.1 Å². The van der Waals surface area contributed by atoms with Crippen molar-refractivity contribution in [3.8, 4) is 0 Å². The Labute approximate surface area is 113 Å². The zero-order valence-corrected chi connectivity index (χ0v) is 11.2. The highest BCUT2D eigenvalue weighted by Gasteiger charge is 2.22. The third kappa shape index (κ3) is 4.01. The monoisotopic (exact) mass is 265 g/mol. The van der Waals surface area contributed by atoms with E-state index in [2.05, 4.69) is 15.5 Å². The van der Waals surface area contributed by atoms with Gasteiger partial charge >= 0.3 is 0 Å². The molecule has 19 heavy (non-hydrogen) atoms. The van der Waals surface area contributed by atoms with Crippen LogP contribution in [-0.2, 0) is 11.2 Å². The summed E-state index contributed by atoms with van der Waals surface area (Å²) in [6, 6.07) is 6.49. The maximum atomic E-state index is 13.4. The highest BCUT2D eigenvalue weighted by Crippen LogP contribution is 2.06. The minimum atomic E-state index is -0.215. The molecule has 1 heterocycles. The van der Waals surface area contributed by atoms with E-state index in [0.29, 0.717) is 25.1 Å². The normalized spacial score (nSPS) is 20.2. The van der Waals surface area contributed by atoms with Gasteiger partial charge in [0.25, 0.3) is 0 Å². The molecule has 0 aromatic heterocycles. The Bertz CT molecular complexity index is 438. The predicted molar refractivity (Wildman–Crippen MR) is 72.4 cm³/mol. The van der Waals surface area contributed by atoms with Gasteiger partial charge in [0.15, 0.2) is 0 Å². The summed E-state index contributed by atoms with van der Waals surface area (Å²) in [5.41, 5.74) is 0.636. The number of likely N-dealkylation sites (N-methyl/N-ethyl adjacent to an activating group) is 1. The van der Waals surface area contributed by atoms with E-state index in [1.807, 2.05) is 7.05 Å². The molecule has 0 bridgehead atoms. The number of amides is 1. The second kappa shape index (κ2) is 6.63. The first-order chi connectivity index (χ1) is 9.16. The van der Waals surface area contributed by atoms with Crippen LogP contribution in [0.5, 0.6) is 0 Å². The maximum Gasteiger partial charge on any atom is 0.238 e. The molecule has 0 aliphatic carbocycles. The van der Waals surface area contributed by atoms with Gasteiger partial charge in [-0.3, -0.25) is 4.79 Å². The minimum absolute atomic E-state index is 0.0112. The number of nitrogens with zero attached hydrogens (tertiary/aromatic N) is 1. The fourth-order valence-electron chi connectivity index (χ4n) is 2.22. The van der Waals surface area contributed by atoms with Crippen molar-refractivity contribution >= 4 is 5.91 Å². The van der Waals surface area contributed by atoms with Crippen LogP contribution in [0.1, 0.15) is 5.56 Å². The Kier molecular flexibility index (Phi) is 4.87. The number of carbonyl (C=O) groups excluding carboxylic acids is 1. The first kappa shape index (κ1) is 14.0. The van der Waals surface area contributed by atoms with Crippen molar-refractivity contribution in [1.29, 1.82) is 0 Å². The number of rotatable bonds is 4. The zero-order chi connectivity index (χ0) is 13.7. The topological polar surface area (TPSA) is 44.4 Å². The van der Waals surface area contributed by atoms with E-state index in [4.69, 9.17) is 0 Å². The second-order valence-electron chi connectivity index (χ2n) is 4.90. The van der Waals surface area contributed by atoms with Crippen LogP contribution in [0.4, 0.5) is 4.39 Å². The van der Waals surface area contributed by atoms with Gasteiger partial charge < -0.3 is 15.5 Å². The van der Waals surface area contributed by atoms with Crippen molar-refractivity contribution in [1.82, 2.24) is 15.5 Å². The first-order valence-electron chi connectivity index (χ1n) is 6.60. The van der Waals surface area contributed by atoms with Crippen LogP contribution >= 0.6 is 0 Å². The number of hydrogen-bond acceptors (Lipinski definition) is 3. The van der Waals surface area contributed by atoms with Crippen LogP contribution in [0, 0.1) is 5.82 Å². The highest BCUT2D eigenvalue weighted by molar-refractivity contribution is 5.82. The Hall–Kier alpha value is -1.46. The van der Waals surface area contributed by atoms with E-state index in [-0.39, 0.29) is 17.8 Å². The van der Waals surface area contributed by atoms with Gasteiger partial charge in [0.1, 0.15) is 5.82 Å². The van der Waals surface area contributed by atoms with Crippen LogP contribution < -0.4 is 10.6 Å². The summed E-state index contributed by atoms with van der Waals surface area (Å²) >= 11 is 0. The van der Waals surface area contributed by atoms with Gasteiger partial charge in [-0.25, -0.2) is 4.39 Å². The average molecular weight is 265 g/mol. The third-order valence-electron chi connectivity index (χ3n) is 3.35. The van der Waals surface area contributed by atoms with E-state index in [9.17, 15) is 9.18 Å². The lowest BCUT2D eigenvalue weighted by Crippen LogP contribution is -2.56. The molecule has 1 atom stereocenters. The van der Waals surface area contributed by atoms with Crippen LogP contribution in [0.25, 0.3) is 0 Å². The lowest BCUT2D eigenvalue weighted by atomic mass is 10.1. The van der Waals surface area contributed by atoms with Crippen molar-refractivity contribution in [2.75, 3.05) is 33.2 Å². The van der Waals surface area contributed by atoms with Crippen molar-refractivity contribution in [2.45, 2.75) is 12.5 Å². The molecule has 1 aliphatic rings. The molecule has 1 amide bonds. The van der Waals surface area contributed by atoms with Crippen LogP contribution in [0.2, 0.25) is 0 Å². The number of benzene rings is 1. The molecule has 2 rings (SSSR count). The summed E-state index contributed by atoms with van der Waals surface area (Å²) in [6.07, 6.45) is 0.515. The summed E-state index contributed by atoms with van der Waals surface area (Å²) in [5, 5.41) is 6.04. The van der Waals surface area contributed by atoms with Gasteiger partial charge in [0, 0.05) is 26.2 Å². The lowest BCUT2D eigenvalue weighted by molar-refractivity contribution is -0.124. The van der Waals surface area contributed by atoms with E-state index in [0.717, 1.165) is 13.1 Å². The van der Waals surface area contributed by atoms with Gasteiger partial charge in [0.2, 0.25) is 5.91 Å². The average Bonchev–Trinajstić information content (AvgIpc) is 2.41. The smallest absolute Gasteiger partial charge is 0.238 e. The summed E-state index contributed by atoms with van der Waals surface area (Å²) in [7, 11) is 2.00. The van der Waals surface area contributed by atoms with Crippen molar-refractivity contribution in [3.05, 3.63) is 35.6 Å². The van der Waals surface area contributed by atoms with Crippen LogP contribution in [0.15, 0.2) is 24.3 Å². The van der Waals surface area contributed by atoms with E-state index in [1.54, 1.807) is 18.2 Å². The van der Waals surface area contributed by atoms with E-state index >= 15 is 0 Å². The molecule has 1 unspecified atom stereocenters. The Morgan fingerprint density at radius 1 is 1.53 bits per heavy atom. The Balaban J connectivity index is 1.76. The number of nitrogens with one attached hydrogen (secondary N) is 2. The molecular formula is C14H20FN3O. The fraction of sp³-hybridized carbons (Fsp3) is 0.500. The van der Waals surface area contributed by atoms with Crippen LogP contribution in [0.3, 0.4) is 0 Å². The molecule has 1 aromatic rings. The quantitative estimate of drug-likeness (QED) is 0.827. The summed E-state index contributed by atoms with van der Waals surface area (Å²) in [5.74, 6) is -0.227. The van der Waals surface area contributed by atoms with Crippen molar-refractivity contribution in [2.24, 2.45) is 0 Å². The maximum absolute atomic E-state index is 13.4. The number of carbonyl (C=O) groups is 1. The molecule has 104 valence electrons. The van der Waals surface area contributed by atoms with Gasteiger partial charge in [-0.2, -0.15) is 0 Å². The minimum Gasteiger partial charge on any atom is -0.354 e. The zero-order valence-electron chi connectivity index (χ0n) is 11.2. The Morgan fingerprint density at radius 2 is 2.32 bits per heavy atom. The van der Waals surface area contributed by atoms with Gasteiger partial charge in [-0.05, 0) is 25.1 Å². The molecule has 0 radical (unpaired) electrons. The predicted octanol–water partition coefficient (Wildman–Crippen LogP) is 0.388. The molecule has 0 saturated carbocycles. The largest absolute Gasteiger partial charge is 0.354 e. The van der Waals surface area contributed by atoms with Crippen molar-refractivity contribution in [3.63, 3.8) is 0 Å². The Morgan fingerprint density at radius 3 is 3.05 bits per heavy atom. The highest BCUT2D eigenvalue weighted by atomic mass is 19.1. The molecule has 1 aromatic carbocycles. The molecule has 1 aliphatic heterocycles. The van der Waals surface area contributed by atoms with Gasteiger partial charge in [0.05, 0.1) is 6.04 Å². The molecule has 1 saturated heterocycles. The fourth-order valence-corrected chi connectivity index (χ4v) is 2.22. The van der Waals surface area contributed by atoms with E-state index < -0.39 is 0 Å².